The average Bonchev–Trinajstić information content (AvgIpc) is 3.08. The first kappa shape index (κ1) is 9.66. The summed E-state index contributed by atoms with van der Waals surface area (Å²) in [5.41, 5.74) is 0.725. The van der Waals surface area contributed by atoms with E-state index in [1.165, 1.54) is 7.11 Å². The van der Waals surface area contributed by atoms with Gasteiger partial charge in [0.1, 0.15) is 11.4 Å². The van der Waals surface area contributed by atoms with Gasteiger partial charge in [0.2, 0.25) is 0 Å². The summed E-state index contributed by atoms with van der Waals surface area (Å²) < 4.78 is 15.8. The molecule has 0 aromatic heterocycles. The van der Waals surface area contributed by atoms with Crippen LogP contribution in [0.3, 0.4) is 0 Å². The first-order valence-electron chi connectivity index (χ1n) is 5.23. The highest BCUT2D eigenvalue weighted by Gasteiger charge is 2.54. The summed E-state index contributed by atoms with van der Waals surface area (Å²) in [4.78, 5) is 11.5. The Bertz CT molecular complexity index is 436. The molecule has 16 heavy (non-hydrogen) atoms. The molecule has 0 amide bonds. The van der Waals surface area contributed by atoms with Gasteiger partial charge in [0, 0.05) is 12.0 Å². The van der Waals surface area contributed by atoms with Gasteiger partial charge in [-0.05, 0) is 6.07 Å². The van der Waals surface area contributed by atoms with Crippen LogP contribution in [0.1, 0.15) is 12.0 Å². The van der Waals surface area contributed by atoms with Gasteiger partial charge in [-0.2, -0.15) is 0 Å². The van der Waals surface area contributed by atoms with Crippen molar-refractivity contribution in [3.8, 4) is 5.75 Å². The van der Waals surface area contributed by atoms with Crippen LogP contribution in [0.5, 0.6) is 5.75 Å². The molecule has 0 bridgehead atoms. The minimum absolute atomic E-state index is 0.312. The minimum atomic E-state index is -0.553. The highest BCUT2D eigenvalue weighted by Crippen LogP contribution is 2.50. The van der Waals surface area contributed by atoms with E-state index in [0.29, 0.717) is 13.0 Å². The van der Waals surface area contributed by atoms with Crippen LogP contribution in [0, 0.1) is 0 Å². The van der Waals surface area contributed by atoms with Crippen molar-refractivity contribution in [2.24, 2.45) is 0 Å². The Morgan fingerprint density at radius 1 is 1.50 bits per heavy atom. The first-order valence-corrected chi connectivity index (χ1v) is 5.23. The lowest BCUT2D eigenvalue weighted by molar-refractivity contribution is -0.150. The molecule has 2 unspecified atom stereocenters. The number of hydrogen-bond donors (Lipinski definition) is 0. The Morgan fingerprint density at radius 2 is 2.25 bits per heavy atom. The predicted octanol–water partition coefficient (Wildman–Crippen LogP) is 1.24. The lowest BCUT2D eigenvalue weighted by atomic mass is 9.90. The molecule has 0 radical (unpaired) electrons. The summed E-state index contributed by atoms with van der Waals surface area (Å²) in [7, 11) is 1.37. The topological polar surface area (TPSA) is 48.1 Å². The van der Waals surface area contributed by atoms with Crippen LogP contribution >= 0.6 is 0 Å². The Balaban J connectivity index is 1.97. The fraction of sp³-hybridized carbons (Fsp3) is 0.417. The fourth-order valence-corrected chi connectivity index (χ4v) is 2.17. The zero-order chi connectivity index (χ0) is 11.2. The number of esters is 1. The van der Waals surface area contributed by atoms with Crippen molar-refractivity contribution in [1.82, 2.24) is 0 Å². The van der Waals surface area contributed by atoms with Gasteiger partial charge in [0.05, 0.1) is 13.7 Å². The number of carbonyl (C=O) groups is 1. The summed E-state index contributed by atoms with van der Waals surface area (Å²) in [5, 5.41) is 0. The number of para-hydroxylation sites is 1. The number of carbonyl (C=O) groups excluding carboxylic acids is 1. The average molecular weight is 220 g/mol. The molecule has 1 aromatic carbocycles. The lowest BCUT2D eigenvalue weighted by Gasteiger charge is -2.28. The second-order valence-corrected chi connectivity index (χ2v) is 4.11. The summed E-state index contributed by atoms with van der Waals surface area (Å²) >= 11 is 0. The lowest BCUT2D eigenvalue weighted by Crippen LogP contribution is -2.37. The van der Waals surface area contributed by atoms with E-state index >= 15 is 0 Å². The minimum Gasteiger partial charge on any atom is -0.478 e. The maximum atomic E-state index is 11.5. The van der Waals surface area contributed by atoms with Crippen LogP contribution in [0.25, 0.3) is 0 Å². The molecular weight excluding hydrogens is 208 g/mol. The van der Waals surface area contributed by atoms with Gasteiger partial charge in [-0.25, -0.2) is 4.79 Å². The summed E-state index contributed by atoms with van der Waals surface area (Å²) in [6.07, 6.45) is -0.0150. The third kappa shape index (κ3) is 1.30. The van der Waals surface area contributed by atoms with Crippen LogP contribution in [-0.2, 0) is 19.9 Å². The quantitative estimate of drug-likeness (QED) is 0.527. The molecule has 84 valence electrons. The SMILES string of the molecule is COC(=O)C1CC2(CO2)c2ccccc2O1. The summed E-state index contributed by atoms with van der Waals surface area (Å²) in [6, 6.07) is 7.67. The second kappa shape index (κ2) is 3.22. The molecule has 1 saturated heterocycles. The third-order valence-corrected chi connectivity index (χ3v) is 3.12. The largest absolute Gasteiger partial charge is 0.478 e. The molecule has 0 N–H and O–H groups in total. The molecule has 4 nitrogen and oxygen atoms in total. The van der Waals surface area contributed by atoms with E-state index in [1.807, 2.05) is 24.3 Å². The molecule has 4 heteroatoms. The molecule has 2 aliphatic heterocycles. The van der Waals surface area contributed by atoms with Crippen LogP contribution in [0.2, 0.25) is 0 Å². The molecule has 1 fully saturated rings. The number of benzene rings is 1. The molecule has 0 aliphatic carbocycles. The van der Waals surface area contributed by atoms with Gasteiger partial charge in [0.15, 0.2) is 6.10 Å². The van der Waals surface area contributed by atoms with Crippen molar-refractivity contribution in [3.05, 3.63) is 29.8 Å². The standard InChI is InChI=1S/C12H12O4/c1-14-11(13)10-6-12(7-15-12)8-4-2-3-5-9(8)16-10/h2-5,10H,6-7H2,1H3. The molecule has 2 aliphatic rings. The number of ether oxygens (including phenoxy) is 3. The smallest absolute Gasteiger partial charge is 0.347 e. The molecule has 1 spiro atoms. The monoisotopic (exact) mass is 220 g/mol. The van der Waals surface area contributed by atoms with Crippen LogP contribution in [0.4, 0.5) is 0 Å². The van der Waals surface area contributed by atoms with Crippen molar-refractivity contribution < 1.29 is 19.0 Å². The van der Waals surface area contributed by atoms with Gasteiger partial charge >= 0.3 is 5.97 Å². The Labute approximate surface area is 93.1 Å². The van der Waals surface area contributed by atoms with E-state index in [4.69, 9.17) is 14.2 Å². The number of epoxide rings is 1. The maximum Gasteiger partial charge on any atom is 0.347 e. The maximum absolute atomic E-state index is 11.5. The van der Waals surface area contributed by atoms with E-state index in [1.54, 1.807) is 0 Å². The van der Waals surface area contributed by atoms with Crippen LogP contribution < -0.4 is 4.74 Å². The van der Waals surface area contributed by atoms with Gasteiger partial charge < -0.3 is 14.2 Å². The number of methoxy groups -OCH3 is 1. The van der Waals surface area contributed by atoms with E-state index in [0.717, 1.165) is 11.3 Å². The molecular formula is C12H12O4. The van der Waals surface area contributed by atoms with Crippen molar-refractivity contribution in [2.45, 2.75) is 18.1 Å². The van der Waals surface area contributed by atoms with Crippen LogP contribution in [0.15, 0.2) is 24.3 Å². The van der Waals surface area contributed by atoms with E-state index in [9.17, 15) is 4.79 Å². The number of hydrogen-bond acceptors (Lipinski definition) is 4. The van der Waals surface area contributed by atoms with E-state index in [-0.39, 0.29) is 11.6 Å². The van der Waals surface area contributed by atoms with Crippen molar-refractivity contribution >= 4 is 5.97 Å². The zero-order valence-corrected chi connectivity index (χ0v) is 8.93. The van der Waals surface area contributed by atoms with Gasteiger partial charge in [-0.1, -0.05) is 18.2 Å². The summed E-state index contributed by atoms with van der Waals surface area (Å²) in [6.45, 7) is 0.654. The second-order valence-electron chi connectivity index (χ2n) is 4.11. The number of rotatable bonds is 1. The zero-order valence-electron chi connectivity index (χ0n) is 8.93. The van der Waals surface area contributed by atoms with Crippen molar-refractivity contribution in [2.75, 3.05) is 13.7 Å². The molecule has 1 aromatic rings. The molecule has 2 atom stereocenters. The predicted molar refractivity (Wildman–Crippen MR) is 55.1 cm³/mol. The molecule has 3 rings (SSSR count). The highest BCUT2D eigenvalue weighted by atomic mass is 16.6. The van der Waals surface area contributed by atoms with Crippen molar-refractivity contribution in [1.29, 1.82) is 0 Å². The molecule has 0 saturated carbocycles. The van der Waals surface area contributed by atoms with Gasteiger partial charge in [0.25, 0.3) is 0 Å². The normalized spacial score (nSPS) is 30.4. The Morgan fingerprint density at radius 3 is 2.94 bits per heavy atom. The fourth-order valence-electron chi connectivity index (χ4n) is 2.17. The van der Waals surface area contributed by atoms with Crippen molar-refractivity contribution in [3.63, 3.8) is 0 Å². The van der Waals surface area contributed by atoms with Crippen LogP contribution in [-0.4, -0.2) is 25.8 Å². The van der Waals surface area contributed by atoms with Gasteiger partial charge in [-0.15, -0.1) is 0 Å². The summed E-state index contributed by atoms with van der Waals surface area (Å²) in [5.74, 6) is 0.381. The van der Waals surface area contributed by atoms with E-state index < -0.39 is 6.10 Å². The Hall–Kier alpha value is -1.55. The molecule has 2 heterocycles. The highest BCUT2D eigenvalue weighted by molar-refractivity contribution is 5.76. The first-order chi connectivity index (χ1) is 7.75. The van der Waals surface area contributed by atoms with E-state index in [2.05, 4.69) is 0 Å². The Kier molecular flexibility index (Phi) is 1.94. The van der Waals surface area contributed by atoms with Gasteiger partial charge in [-0.3, -0.25) is 0 Å². The third-order valence-electron chi connectivity index (χ3n) is 3.12. The number of fused-ring (bicyclic) bond motifs is 2.